The number of halogens is 1. The first-order chi connectivity index (χ1) is 8.66. The molecule has 0 aliphatic heterocycles. The topological polar surface area (TPSA) is 37.3 Å². The molecule has 0 amide bonds. The zero-order chi connectivity index (χ0) is 13.0. The number of benzene rings is 2. The summed E-state index contributed by atoms with van der Waals surface area (Å²) in [6.45, 7) is 0. The summed E-state index contributed by atoms with van der Waals surface area (Å²) in [5.74, 6) is -0.223. The molecule has 0 radical (unpaired) electrons. The van der Waals surface area contributed by atoms with Crippen LogP contribution in [0, 0.1) is 0 Å². The minimum atomic E-state index is -0.875. The van der Waals surface area contributed by atoms with Crippen molar-refractivity contribution in [2.75, 3.05) is 0 Å². The van der Waals surface area contributed by atoms with Gasteiger partial charge in [-0.1, -0.05) is 40.2 Å². The summed E-state index contributed by atoms with van der Waals surface area (Å²) in [7, 11) is 0. The molecule has 0 heterocycles. The highest BCUT2D eigenvalue weighted by molar-refractivity contribution is 9.10. The third-order valence-electron chi connectivity index (χ3n) is 2.44. The van der Waals surface area contributed by atoms with Crippen LogP contribution < -0.4 is 0 Å². The Morgan fingerprint density at radius 3 is 2.67 bits per heavy atom. The van der Waals surface area contributed by atoms with E-state index in [1.807, 2.05) is 36.4 Å². The van der Waals surface area contributed by atoms with Crippen molar-refractivity contribution in [3.8, 4) is 0 Å². The fourth-order valence-electron chi connectivity index (χ4n) is 1.57. The van der Waals surface area contributed by atoms with Gasteiger partial charge in [-0.3, -0.25) is 0 Å². The number of carboxylic acids is 1. The van der Waals surface area contributed by atoms with Gasteiger partial charge in [0.2, 0.25) is 0 Å². The van der Waals surface area contributed by atoms with Gasteiger partial charge >= 0.3 is 5.97 Å². The Labute approximate surface area is 118 Å². The molecule has 1 N–H and O–H groups in total. The fraction of sp³-hybridized carbons (Fsp3) is 0.0714. The zero-order valence-corrected chi connectivity index (χ0v) is 11.9. The highest BCUT2D eigenvalue weighted by atomic mass is 79.9. The SMILES string of the molecule is O=C(O)c1ccccc1CSc1cccc(Br)c1. The van der Waals surface area contributed by atoms with E-state index in [1.165, 1.54) is 0 Å². The van der Waals surface area contributed by atoms with E-state index in [9.17, 15) is 4.79 Å². The number of hydrogen-bond donors (Lipinski definition) is 1. The van der Waals surface area contributed by atoms with E-state index in [0.29, 0.717) is 11.3 Å². The van der Waals surface area contributed by atoms with Crippen LogP contribution in [0.3, 0.4) is 0 Å². The predicted octanol–water partition coefficient (Wildman–Crippen LogP) is 4.44. The Hall–Kier alpha value is -1.26. The molecule has 4 heteroatoms. The Bertz CT molecular complexity index is 569. The van der Waals surface area contributed by atoms with Gasteiger partial charge in [-0.2, -0.15) is 0 Å². The lowest BCUT2D eigenvalue weighted by molar-refractivity contribution is 0.0696. The molecular weight excluding hydrogens is 312 g/mol. The molecule has 2 aromatic rings. The smallest absolute Gasteiger partial charge is 0.335 e. The van der Waals surface area contributed by atoms with Gasteiger partial charge in [0.15, 0.2) is 0 Å². The number of thioether (sulfide) groups is 1. The van der Waals surface area contributed by atoms with Gasteiger partial charge in [-0.25, -0.2) is 4.79 Å². The van der Waals surface area contributed by atoms with Crippen molar-refractivity contribution < 1.29 is 9.90 Å². The molecule has 2 rings (SSSR count). The van der Waals surface area contributed by atoms with Crippen molar-refractivity contribution in [2.45, 2.75) is 10.6 Å². The van der Waals surface area contributed by atoms with E-state index in [1.54, 1.807) is 23.9 Å². The molecular formula is C14H11BrO2S. The third kappa shape index (κ3) is 3.37. The van der Waals surface area contributed by atoms with Crippen molar-refractivity contribution in [2.24, 2.45) is 0 Å². The number of hydrogen-bond acceptors (Lipinski definition) is 2. The summed E-state index contributed by atoms with van der Waals surface area (Å²) in [4.78, 5) is 12.2. The molecule has 0 bridgehead atoms. The van der Waals surface area contributed by atoms with E-state index >= 15 is 0 Å². The lowest BCUT2D eigenvalue weighted by atomic mass is 10.1. The van der Waals surface area contributed by atoms with Crippen LogP contribution in [0.4, 0.5) is 0 Å². The van der Waals surface area contributed by atoms with Crippen LogP contribution in [0.5, 0.6) is 0 Å². The second-order valence-electron chi connectivity index (χ2n) is 3.71. The number of carboxylic acid groups (broad SMARTS) is 1. The van der Waals surface area contributed by atoms with E-state index in [-0.39, 0.29) is 0 Å². The molecule has 0 atom stereocenters. The number of rotatable bonds is 4. The van der Waals surface area contributed by atoms with Crippen molar-refractivity contribution >= 4 is 33.7 Å². The van der Waals surface area contributed by atoms with E-state index < -0.39 is 5.97 Å². The van der Waals surface area contributed by atoms with Crippen molar-refractivity contribution in [1.82, 2.24) is 0 Å². The van der Waals surface area contributed by atoms with Gasteiger partial charge in [0.25, 0.3) is 0 Å². The van der Waals surface area contributed by atoms with Crippen molar-refractivity contribution in [3.63, 3.8) is 0 Å². The quantitative estimate of drug-likeness (QED) is 0.845. The highest BCUT2D eigenvalue weighted by Crippen LogP contribution is 2.26. The van der Waals surface area contributed by atoms with Crippen LogP contribution in [0.15, 0.2) is 57.9 Å². The van der Waals surface area contributed by atoms with Crippen LogP contribution in [0.1, 0.15) is 15.9 Å². The summed E-state index contributed by atoms with van der Waals surface area (Å²) in [6.07, 6.45) is 0. The summed E-state index contributed by atoms with van der Waals surface area (Å²) in [5.41, 5.74) is 1.22. The van der Waals surface area contributed by atoms with Gasteiger partial charge in [0.05, 0.1) is 5.56 Å². The van der Waals surface area contributed by atoms with Gasteiger partial charge in [-0.15, -0.1) is 11.8 Å². The predicted molar refractivity (Wildman–Crippen MR) is 77.1 cm³/mol. The Morgan fingerprint density at radius 2 is 1.94 bits per heavy atom. The van der Waals surface area contributed by atoms with Gasteiger partial charge in [0.1, 0.15) is 0 Å². The molecule has 0 unspecified atom stereocenters. The average molecular weight is 323 g/mol. The normalized spacial score (nSPS) is 10.3. The Balaban J connectivity index is 2.13. The third-order valence-corrected chi connectivity index (χ3v) is 3.97. The second-order valence-corrected chi connectivity index (χ2v) is 5.67. The minimum absolute atomic E-state index is 0.375. The number of aromatic carboxylic acids is 1. The maximum absolute atomic E-state index is 11.1. The van der Waals surface area contributed by atoms with Gasteiger partial charge in [0, 0.05) is 15.1 Å². The minimum Gasteiger partial charge on any atom is -0.478 e. The molecule has 2 nitrogen and oxygen atoms in total. The second kappa shape index (κ2) is 6.07. The van der Waals surface area contributed by atoms with Crippen LogP contribution >= 0.6 is 27.7 Å². The maximum Gasteiger partial charge on any atom is 0.335 e. The molecule has 18 heavy (non-hydrogen) atoms. The first-order valence-corrected chi connectivity index (χ1v) is 7.14. The first kappa shape index (κ1) is 13.2. The summed E-state index contributed by atoms with van der Waals surface area (Å²) < 4.78 is 1.03. The fourth-order valence-corrected chi connectivity index (χ4v) is 3.08. The molecule has 0 fully saturated rings. The average Bonchev–Trinajstić information content (AvgIpc) is 2.37. The molecule has 0 aliphatic rings. The van der Waals surface area contributed by atoms with Crippen LogP contribution in [0.25, 0.3) is 0 Å². The Kier molecular flexibility index (Phi) is 4.44. The lowest BCUT2D eigenvalue weighted by Gasteiger charge is -2.06. The van der Waals surface area contributed by atoms with E-state index in [2.05, 4.69) is 15.9 Å². The summed E-state index contributed by atoms with van der Waals surface area (Å²) in [6, 6.07) is 15.1. The maximum atomic E-state index is 11.1. The summed E-state index contributed by atoms with van der Waals surface area (Å²) >= 11 is 5.04. The van der Waals surface area contributed by atoms with Crippen LogP contribution in [-0.2, 0) is 5.75 Å². The standard InChI is InChI=1S/C14H11BrO2S/c15-11-5-3-6-12(8-11)18-9-10-4-1-2-7-13(10)14(16)17/h1-8H,9H2,(H,16,17). The molecule has 0 spiro atoms. The molecule has 0 aromatic heterocycles. The monoisotopic (exact) mass is 322 g/mol. The number of carbonyl (C=O) groups is 1. The first-order valence-electron chi connectivity index (χ1n) is 5.36. The molecule has 0 saturated carbocycles. The van der Waals surface area contributed by atoms with Crippen molar-refractivity contribution in [3.05, 3.63) is 64.1 Å². The zero-order valence-electron chi connectivity index (χ0n) is 9.47. The largest absolute Gasteiger partial charge is 0.478 e. The van der Waals surface area contributed by atoms with Crippen molar-refractivity contribution in [1.29, 1.82) is 0 Å². The molecule has 92 valence electrons. The van der Waals surface area contributed by atoms with E-state index in [0.717, 1.165) is 14.9 Å². The summed E-state index contributed by atoms with van der Waals surface area (Å²) in [5, 5.41) is 9.09. The molecule has 2 aromatic carbocycles. The lowest BCUT2D eigenvalue weighted by Crippen LogP contribution is -2.00. The van der Waals surface area contributed by atoms with Crippen LogP contribution in [0.2, 0.25) is 0 Å². The van der Waals surface area contributed by atoms with Crippen LogP contribution in [-0.4, -0.2) is 11.1 Å². The Morgan fingerprint density at radius 1 is 1.17 bits per heavy atom. The highest BCUT2D eigenvalue weighted by Gasteiger charge is 2.08. The molecule has 0 saturated heterocycles. The molecule has 0 aliphatic carbocycles. The van der Waals surface area contributed by atoms with Gasteiger partial charge in [-0.05, 0) is 29.8 Å². The van der Waals surface area contributed by atoms with Gasteiger partial charge < -0.3 is 5.11 Å². The van der Waals surface area contributed by atoms with E-state index in [4.69, 9.17) is 5.11 Å².